The van der Waals surface area contributed by atoms with Gasteiger partial charge < -0.3 is 35.1 Å². The van der Waals surface area contributed by atoms with Gasteiger partial charge >= 0.3 is 5.97 Å². The smallest absolute Gasteiger partial charge is 0.320 e. The Morgan fingerprint density at radius 2 is 1.58 bits per heavy atom. The van der Waals surface area contributed by atoms with Gasteiger partial charge in [0.15, 0.2) is 0 Å². The summed E-state index contributed by atoms with van der Waals surface area (Å²) in [4.78, 5) is 65.8. The van der Waals surface area contributed by atoms with Crippen LogP contribution in [0.1, 0.15) is 36.8 Å². The van der Waals surface area contributed by atoms with E-state index in [1.165, 1.54) is 10.9 Å². The van der Waals surface area contributed by atoms with Crippen LogP contribution in [0.3, 0.4) is 0 Å². The van der Waals surface area contributed by atoms with Crippen LogP contribution < -0.4 is 25.7 Å². The number of nitrogens with one attached hydrogen (secondary N) is 2. The maximum Gasteiger partial charge on any atom is 0.320 e. The number of amides is 1. The summed E-state index contributed by atoms with van der Waals surface area (Å²) in [7, 11) is 3.24. The lowest BCUT2D eigenvalue weighted by Crippen LogP contribution is -2.30. The number of benzene rings is 2. The molecule has 0 aliphatic rings. The maximum absolute atomic E-state index is 13.7. The highest BCUT2D eigenvalue weighted by molar-refractivity contribution is 6.04. The third-order valence-corrected chi connectivity index (χ3v) is 6.82. The van der Waals surface area contributed by atoms with Crippen LogP contribution >= 0.6 is 0 Å². The van der Waals surface area contributed by atoms with Gasteiger partial charge in [-0.25, -0.2) is 9.67 Å². The Labute approximate surface area is 298 Å². The minimum Gasteiger partial charge on any atom is -0.497 e. The molecule has 1 atom stereocenters. The van der Waals surface area contributed by atoms with Crippen LogP contribution in [-0.4, -0.2) is 80.2 Å². The fourth-order valence-electron chi connectivity index (χ4n) is 4.78. The third-order valence-electron chi connectivity index (χ3n) is 6.82. The molecule has 274 valence electrons. The number of methoxy groups -OCH3 is 1. The van der Waals surface area contributed by atoms with E-state index in [1.807, 2.05) is 24.3 Å². The third kappa shape index (κ3) is 11.2. The number of anilines is 1. The molecule has 0 aliphatic carbocycles. The van der Waals surface area contributed by atoms with Crippen molar-refractivity contribution in [3.05, 3.63) is 101 Å². The van der Waals surface area contributed by atoms with E-state index < -0.39 is 35.5 Å². The fraction of sp³-hybridized carbons (Fsp3) is 0.250. The van der Waals surface area contributed by atoms with Crippen LogP contribution in [-0.2, 0) is 25.7 Å². The summed E-state index contributed by atoms with van der Waals surface area (Å²) in [6.07, 6.45) is 2.55. The molecule has 1 amide bonds. The number of fused-ring (bicyclic) bond motifs is 1. The minimum atomic E-state index is -0.833. The van der Waals surface area contributed by atoms with Crippen LogP contribution in [0, 0.1) is 6.92 Å². The van der Waals surface area contributed by atoms with Gasteiger partial charge in [0.1, 0.15) is 34.7 Å². The van der Waals surface area contributed by atoms with Gasteiger partial charge in [-0.05, 0) is 63.4 Å². The lowest BCUT2D eigenvalue weighted by Gasteiger charge is -2.18. The second-order valence-corrected chi connectivity index (χ2v) is 11.0. The summed E-state index contributed by atoms with van der Waals surface area (Å²) in [5.41, 5.74) is 1.13. The van der Waals surface area contributed by atoms with E-state index in [0.29, 0.717) is 34.1 Å². The average molecular weight is 717 g/mol. The van der Waals surface area contributed by atoms with Crippen molar-refractivity contribution in [3.8, 4) is 22.9 Å². The van der Waals surface area contributed by atoms with E-state index in [1.54, 1.807) is 81.3 Å². The van der Waals surface area contributed by atoms with Crippen molar-refractivity contribution in [1.82, 2.24) is 24.6 Å². The molecule has 4 N–H and O–H groups in total. The molecule has 0 bridgehead atoms. The zero-order chi connectivity index (χ0) is 38.4. The number of para-hydroxylation sites is 1. The topological polar surface area (TPSA) is 213 Å². The van der Waals surface area contributed by atoms with E-state index in [-0.39, 0.29) is 24.5 Å². The zero-order valence-corrected chi connectivity index (χ0v) is 29.4. The molecule has 0 spiro atoms. The zero-order valence-electron chi connectivity index (χ0n) is 29.4. The lowest BCUT2D eigenvalue weighted by molar-refractivity contribution is -0.147. The van der Waals surface area contributed by atoms with Gasteiger partial charge in [-0.15, -0.1) is 0 Å². The molecule has 0 unspecified atom stereocenters. The Morgan fingerprint density at radius 1 is 0.923 bits per heavy atom. The van der Waals surface area contributed by atoms with Crippen molar-refractivity contribution in [1.29, 1.82) is 0 Å². The quantitative estimate of drug-likeness (QED) is 0.141. The van der Waals surface area contributed by atoms with Gasteiger partial charge in [-0.2, -0.15) is 0 Å². The highest BCUT2D eigenvalue weighted by atomic mass is 16.5. The molecular formula is C36H40N6O10. The summed E-state index contributed by atoms with van der Waals surface area (Å²) in [6.45, 7) is 5.78. The number of esters is 1. The Hall–Kier alpha value is -6.55. The number of carbonyl (C=O) groups excluding carboxylic acids is 2. The number of carboxylic acids is 2. The van der Waals surface area contributed by atoms with Crippen molar-refractivity contribution in [2.24, 2.45) is 0 Å². The van der Waals surface area contributed by atoms with Gasteiger partial charge in [0, 0.05) is 31.5 Å². The first kappa shape index (κ1) is 39.9. The lowest BCUT2D eigenvalue weighted by atomic mass is 10.2. The van der Waals surface area contributed by atoms with Gasteiger partial charge in [0.05, 0.1) is 43.3 Å². The molecule has 52 heavy (non-hydrogen) atoms. The highest BCUT2D eigenvalue weighted by Gasteiger charge is 2.25. The first-order chi connectivity index (χ1) is 24.7. The van der Waals surface area contributed by atoms with Crippen LogP contribution in [0.5, 0.6) is 17.2 Å². The van der Waals surface area contributed by atoms with Crippen molar-refractivity contribution in [2.75, 3.05) is 26.0 Å². The molecule has 16 nitrogen and oxygen atoms in total. The molecule has 0 radical (unpaired) electrons. The number of hydrogen-bond donors (Lipinski definition) is 4. The number of likely N-dealkylation sites (N-methyl/N-ethyl adjacent to an activating group) is 1. The molecule has 0 saturated heterocycles. The number of carboxylic acid groups (broad SMARTS) is 2. The molecule has 0 saturated carbocycles. The SMILES string of the molecule is CC(=O)O.CC(=O)O.CNCC(=O)O[C@H](C)Cn1c(C)c(C(=O)Nc2ccc(Oc3ccnc4cc(OC)ccc34)cn2)c(=O)n1-c1ccccc1. The summed E-state index contributed by atoms with van der Waals surface area (Å²) in [6, 6.07) is 19.5. The van der Waals surface area contributed by atoms with Crippen LogP contribution in [0.15, 0.2) is 83.9 Å². The van der Waals surface area contributed by atoms with E-state index in [0.717, 1.165) is 19.2 Å². The number of rotatable bonds is 11. The molecule has 2 aromatic carbocycles. The Balaban J connectivity index is 0.000000827. The predicted molar refractivity (Wildman–Crippen MR) is 191 cm³/mol. The molecule has 3 aromatic heterocycles. The van der Waals surface area contributed by atoms with Crippen molar-refractivity contribution in [3.63, 3.8) is 0 Å². The second-order valence-electron chi connectivity index (χ2n) is 11.0. The highest BCUT2D eigenvalue weighted by Crippen LogP contribution is 2.30. The van der Waals surface area contributed by atoms with Crippen LogP contribution in [0.4, 0.5) is 5.82 Å². The van der Waals surface area contributed by atoms with E-state index in [4.69, 9.17) is 34.0 Å². The van der Waals surface area contributed by atoms with Gasteiger partial charge in [0.2, 0.25) is 0 Å². The molecule has 3 heterocycles. The molecule has 5 rings (SSSR count). The fourth-order valence-corrected chi connectivity index (χ4v) is 4.78. The van der Waals surface area contributed by atoms with Crippen LogP contribution in [0.25, 0.3) is 16.6 Å². The average Bonchev–Trinajstić information content (AvgIpc) is 3.33. The summed E-state index contributed by atoms with van der Waals surface area (Å²) >= 11 is 0. The Bertz CT molecular complexity index is 2040. The van der Waals surface area contributed by atoms with E-state index in [9.17, 15) is 14.4 Å². The van der Waals surface area contributed by atoms with Gasteiger partial charge in [-0.1, -0.05) is 18.2 Å². The van der Waals surface area contributed by atoms with Crippen molar-refractivity contribution >= 4 is 40.5 Å². The number of ether oxygens (including phenoxy) is 3. The second kappa shape index (κ2) is 19.0. The summed E-state index contributed by atoms with van der Waals surface area (Å²) in [5, 5.41) is 21.1. The number of pyridine rings is 2. The molecule has 0 fully saturated rings. The number of aromatic nitrogens is 4. The van der Waals surface area contributed by atoms with E-state index in [2.05, 4.69) is 20.6 Å². The van der Waals surface area contributed by atoms with Crippen molar-refractivity contribution < 1.29 is 43.6 Å². The molecular weight excluding hydrogens is 676 g/mol. The number of hydrogen-bond acceptors (Lipinski definition) is 11. The van der Waals surface area contributed by atoms with Gasteiger partial charge in [-0.3, -0.25) is 33.6 Å². The summed E-state index contributed by atoms with van der Waals surface area (Å²) < 4.78 is 19.8. The number of aliphatic carboxylic acids is 2. The molecule has 0 aliphatic heterocycles. The predicted octanol–water partition coefficient (Wildman–Crippen LogP) is 4.28. The number of nitrogens with zero attached hydrogens (tertiary/aromatic N) is 4. The monoisotopic (exact) mass is 716 g/mol. The standard InChI is InChI=1S/C32H32N6O6.2C2H4O2/c1-20(43-29(39)18-33-3)19-37-21(2)30(32(41)38(37)22-8-6-5-7-9-22)31(40)36-28-13-11-24(17-35-28)44-27-14-15-34-26-16-23(42-4)10-12-25(26)27;2*1-2(3)4/h5-17,20,33H,18-19H2,1-4H3,(H,35,36,40);2*1H3,(H,3,4)/t20-;;/m1../s1. The first-order valence-electron chi connectivity index (χ1n) is 15.7. The normalized spacial score (nSPS) is 10.8. The minimum absolute atomic E-state index is 0.0524. The molecule has 16 heteroatoms. The number of carbonyl (C=O) groups is 4. The Kier molecular flexibility index (Phi) is 14.6. The van der Waals surface area contributed by atoms with Crippen molar-refractivity contribution in [2.45, 2.75) is 40.3 Å². The largest absolute Gasteiger partial charge is 0.497 e. The summed E-state index contributed by atoms with van der Waals surface area (Å²) in [5.74, 6) is -0.757. The maximum atomic E-state index is 13.7. The van der Waals surface area contributed by atoms with Gasteiger partial charge in [0.25, 0.3) is 23.4 Å². The Morgan fingerprint density at radius 3 is 2.17 bits per heavy atom. The van der Waals surface area contributed by atoms with E-state index >= 15 is 0 Å². The molecule has 5 aromatic rings. The first-order valence-corrected chi connectivity index (χ1v) is 15.7. The van der Waals surface area contributed by atoms with Crippen LogP contribution in [0.2, 0.25) is 0 Å².